The summed E-state index contributed by atoms with van der Waals surface area (Å²) in [6.07, 6.45) is -3.96. The van der Waals surface area contributed by atoms with E-state index in [9.17, 15) is 35.5 Å². The predicted molar refractivity (Wildman–Crippen MR) is 85.1 cm³/mol. The van der Waals surface area contributed by atoms with Gasteiger partial charge in [-0.25, -0.2) is 16.8 Å². The van der Waals surface area contributed by atoms with Crippen LogP contribution < -0.4 is 4.74 Å². The normalized spacial score (nSPS) is 17.5. The van der Waals surface area contributed by atoms with Crippen molar-refractivity contribution in [1.29, 1.82) is 0 Å². The molecule has 1 aromatic rings. The number of thiol groups is 1. The van der Waals surface area contributed by atoms with E-state index in [0.29, 0.717) is 19.3 Å². The third-order valence-corrected chi connectivity index (χ3v) is 7.55. The highest BCUT2D eigenvalue weighted by Crippen LogP contribution is 2.38. The van der Waals surface area contributed by atoms with Gasteiger partial charge in [-0.3, -0.25) is 0 Å². The van der Waals surface area contributed by atoms with Crippen LogP contribution in [0.15, 0.2) is 29.2 Å². The van der Waals surface area contributed by atoms with Gasteiger partial charge in [0.1, 0.15) is 10.6 Å². The molecule has 0 amide bonds. The number of alkyl halides is 3. The van der Waals surface area contributed by atoms with Gasteiger partial charge in [0.2, 0.25) is 0 Å². The molecule has 0 heterocycles. The quantitative estimate of drug-likeness (QED) is 0.268. The van der Waals surface area contributed by atoms with Crippen LogP contribution in [0.25, 0.3) is 5.53 Å². The molecule has 144 valence electrons. The molecule has 0 aliphatic heterocycles. The van der Waals surface area contributed by atoms with Gasteiger partial charge in [-0.1, -0.05) is 31.4 Å². The van der Waals surface area contributed by atoms with Crippen molar-refractivity contribution in [3.05, 3.63) is 29.8 Å². The lowest BCUT2D eigenvalue weighted by Gasteiger charge is -2.27. The van der Waals surface area contributed by atoms with Crippen molar-refractivity contribution in [1.82, 2.24) is 0 Å². The number of halogens is 3. The second-order valence-electron chi connectivity index (χ2n) is 5.75. The highest BCUT2D eigenvalue weighted by Gasteiger charge is 2.55. The van der Waals surface area contributed by atoms with Gasteiger partial charge in [-0.2, -0.15) is 4.79 Å². The van der Waals surface area contributed by atoms with Gasteiger partial charge >= 0.3 is 11.4 Å². The van der Waals surface area contributed by atoms with Crippen molar-refractivity contribution in [2.75, 3.05) is 0 Å². The first kappa shape index (κ1) is 20.4. The number of hydrogen-bond donors (Lipinski definition) is 1. The first-order valence-electron chi connectivity index (χ1n) is 7.51. The molecule has 7 nitrogen and oxygen atoms in total. The molecule has 1 fully saturated rings. The summed E-state index contributed by atoms with van der Waals surface area (Å²) in [4.78, 5) is 1.77. The van der Waals surface area contributed by atoms with E-state index in [2.05, 4.69) is 9.53 Å². The Kier molecular flexibility index (Phi) is 5.79. The second kappa shape index (κ2) is 7.37. The molecule has 12 heteroatoms. The first-order chi connectivity index (χ1) is 12.0. The molecule has 0 aromatic heterocycles. The molecule has 0 N–H and O–H groups in total. The molecule has 0 unspecified atom stereocenters. The van der Waals surface area contributed by atoms with E-state index in [1.807, 2.05) is 0 Å². The van der Waals surface area contributed by atoms with Gasteiger partial charge in [0, 0.05) is 0 Å². The first-order valence-corrected chi connectivity index (χ1v) is 10.2. The summed E-state index contributed by atoms with van der Waals surface area (Å²) >= 11 is 0. The van der Waals surface area contributed by atoms with Crippen LogP contribution in [-0.2, 0) is 20.5 Å². The fourth-order valence-corrected chi connectivity index (χ4v) is 6.11. The lowest BCUT2D eigenvalue weighted by molar-refractivity contribution is -0.275. The maximum absolute atomic E-state index is 12.9. The maximum atomic E-state index is 12.9. The van der Waals surface area contributed by atoms with Gasteiger partial charge in [-0.15, -0.1) is 13.2 Å². The van der Waals surface area contributed by atoms with E-state index in [-0.39, 0.29) is 12.8 Å². The number of nitrogens with zero attached hydrogens (tertiary/aromatic N) is 2. The summed E-state index contributed by atoms with van der Waals surface area (Å²) in [6, 6.07) is 3.88. The van der Waals surface area contributed by atoms with Gasteiger partial charge in [0.15, 0.2) is 15.5 Å². The Balaban J connectivity index is 2.64. The van der Waals surface area contributed by atoms with Gasteiger partial charge in [-0.05, 0) is 25.0 Å². The van der Waals surface area contributed by atoms with Crippen LogP contribution in [0.4, 0.5) is 13.2 Å². The fraction of sp³-hybridized carbons (Fsp3) is 0.500. The molecule has 2 rings (SSSR count). The molecular weight excluding hydrogens is 397 g/mol. The van der Waals surface area contributed by atoms with Crippen molar-refractivity contribution < 1.29 is 39.5 Å². The summed E-state index contributed by atoms with van der Waals surface area (Å²) in [7, 11) is -8.24. The third kappa shape index (κ3) is 3.92. The molecule has 1 aliphatic carbocycles. The van der Waals surface area contributed by atoms with E-state index < -0.39 is 47.3 Å². The highest BCUT2D eigenvalue weighted by atomic mass is 32.2. The van der Waals surface area contributed by atoms with Crippen LogP contribution in [0, 0.1) is 0 Å². The smallest absolute Gasteiger partial charge is 0.404 e. The summed E-state index contributed by atoms with van der Waals surface area (Å²) in [5.74, 6) is -1.03. The monoisotopic (exact) mass is 412 g/mol. The SMILES string of the molecule is [N-]=[N+]=C(C1([SH](=O)=O)CCCCC1)S(=O)(=O)c1ccccc1OC(F)(F)F. The molecule has 0 radical (unpaired) electrons. The van der Waals surface area contributed by atoms with E-state index in [0.717, 1.165) is 24.3 Å². The summed E-state index contributed by atoms with van der Waals surface area (Å²) in [6.45, 7) is 0. The molecular formula is C14H15F3N2O5S2. The fourth-order valence-electron chi connectivity index (χ4n) is 2.99. The van der Waals surface area contributed by atoms with Crippen molar-refractivity contribution in [2.24, 2.45) is 0 Å². The number of rotatable bonds is 4. The Labute approximate surface area is 149 Å². The molecule has 0 saturated heterocycles. The Hall–Kier alpha value is -1.91. The molecule has 0 spiro atoms. The van der Waals surface area contributed by atoms with E-state index >= 15 is 0 Å². The van der Waals surface area contributed by atoms with Crippen LogP contribution in [0.5, 0.6) is 5.75 Å². The standard InChI is InChI=1S/C14H15F3N2O5S2/c15-14(16,17)24-10-6-2-3-7-11(10)26(22,23)12(19-18)13(25(20)21)8-4-1-5-9-13/h2-3,6-7,25H,1,4-5,8-9H2. The zero-order valence-electron chi connectivity index (χ0n) is 13.3. The lowest BCUT2D eigenvalue weighted by Crippen LogP contribution is -2.46. The Morgan fingerprint density at radius 1 is 1.15 bits per heavy atom. The van der Waals surface area contributed by atoms with E-state index in [1.54, 1.807) is 0 Å². The molecule has 1 saturated carbocycles. The van der Waals surface area contributed by atoms with Crippen molar-refractivity contribution in [3.63, 3.8) is 0 Å². The van der Waals surface area contributed by atoms with Crippen LogP contribution >= 0.6 is 0 Å². The zero-order chi connectivity index (χ0) is 19.6. The van der Waals surface area contributed by atoms with Crippen LogP contribution in [0.3, 0.4) is 0 Å². The highest BCUT2D eigenvalue weighted by molar-refractivity contribution is 8.07. The Bertz CT molecular complexity index is 905. The average molecular weight is 412 g/mol. The Morgan fingerprint density at radius 3 is 2.23 bits per heavy atom. The van der Waals surface area contributed by atoms with Gasteiger partial charge in [0.25, 0.3) is 9.84 Å². The van der Waals surface area contributed by atoms with Crippen LogP contribution in [0.1, 0.15) is 32.1 Å². The molecule has 1 aliphatic rings. The minimum atomic E-state index is -5.16. The third-order valence-electron chi connectivity index (χ3n) is 4.14. The Morgan fingerprint density at radius 2 is 1.73 bits per heavy atom. The molecule has 1 aromatic carbocycles. The predicted octanol–water partition coefficient (Wildman–Crippen LogP) is 2.30. The topological polar surface area (TPSA) is 114 Å². The minimum absolute atomic E-state index is 0.105. The van der Waals surface area contributed by atoms with E-state index in [4.69, 9.17) is 0 Å². The van der Waals surface area contributed by atoms with Crippen LogP contribution in [0.2, 0.25) is 0 Å². The number of sulfone groups is 1. The van der Waals surface area contributed by atoms with Gasteiger partial charge in [0.05, 0.1) is 0 Å². The second-order valence-corrected chi connectivity index (χ2v) is 8.96. The van der Waals surface area contributed by atoms with Crippen molar-refractivity contribution in [2.45, 2.75) is 48.1 Å². The number of hydrogen-bond acceptors (Lipinski definition) is 5. The van der Waals surface area contributed by atoms with Gasteiger partial charge < -0.3 is 10.3 Å². The zero-order valence-corrected chi connectivity index (χ0v) is 15.0. The summed E-state index contributed by atoms with van der Waals surface area (Å²) in [5.41, 5.74) is 9.29. The summed E-state index contributed by atoms with van der Waals surface area (Å²) in [5, 5.41) is -1.08. The largest absolute Gasteiger partial charge is 0.573 e. The number of ether oxygens (including phenoxy) is 1. The summed E-state index contributed by atoms with van der Waals surface area (Å²) < 4.78 is 88.9. The van der Waals surface area contributed by atoms with Crippen molar-refractivity contribution in [3.8, 4) is 5.75 Å². The molecule has 0 atom stereocenters. The average Bonchev–Trinajstić information content (AvgIpc) is 2.54. The molecule has 26 heavy (non-hydrogen) atoms. The lowest BCUT2D eigenvalue weighted by atomic mass is 9.89. The van der Waals surface area contributed by atoms with Crippen molar-refractivity contribution >= 4 is 25.6 Å². The number of para-hydroxylation sites is 1. The maximum Gasteiger partial charge on any atom is 0.573 e. The van der Waals surface area contributed by atoms with E-state index in [1.165, 1.54) is 0 Å². The minimum Gasteiger partial charge on any atom is -0.404 e. The number of benzene rings is 1. The molecule has 0 bridgehead atoms. The van der Waals surface area contributed by atoms with Crippen LogP contribution in [-0.4, -0.2) is 37.8 Å².